The molecule has 92 valence electrons. The van der Waals surface area contributed by atoms with Gasteiger partial charge in [-0.2, -0.15) is 0 Å². The summed E-state index contributed by atoms with van der Waals surface area (Å²) in [6, 6.07) is 0.679. The molecule has 0 rings (SSSR count). The lowest BCUT2D eigenvalue weighted by Gasteiger charge is -2.39. The molecule has 0 aromatic rings. The van der Waals surface area contributed by atoms with E-state index in [0.29, 0.717) is 11.6 Å². The van der Waals surface area contributed by atoms with Crippen molar-refractivity contribution in [2.45, 2.75) is 65.5 Å². The number of hydrogen-bond acceptors (Lipinski definition) is 2. The first-order chi connectivity index (χ1) is 6.95. The van der Waals surface area contributed by atoms with E-state index in [4.69, 9.17) is 0 Å². The highest BCUT2D eigenvalue weighted by Crippen LogP contribution is 2.20. The molecule has 15 heavy (non-hydrogen) atoms. The van der Waals surface area contributed by atoms with Crippen LogP contribution >= 0.6 is 0 Å². The standard InChI is InChI=1S/C13H30N2/c1-7-13(4,5)15(6)12(3)10-9-11-14-8-2/h12,14H,7-11H2,1-6H3. The Morgan fingerprint density at radius 2 is 1.87 bits per heavy atom. The summed E-state index contributed by atoms with van der Waals surface area (Å²) in [5.74, 6) is 0. The number of hydrogen-bond donors (Lipinski definition) is 1. The fraction of sp³-hybridized carbons (Fsp3) is 1.00. The second kappa shape index (κ2) is 7.24. The lowest BCUT2D eigenvalue weighted by Crippen LogP contribution is -2.45. The molecule has 2 nitrogen and oxygen atoms in total. The van der Waals surface area contributed by atoms with Crippen LogP contribution in [0.3, 0.4) is 0 Å². The number of nitrogens with one attached hydrogen (secondary N) is 1. The molecule has 0 bridgehead atoms. The highest BCUT2D eigenvalue weighted by Gasteiger charge is 2.24. The van der Waals surface area contributed by atoms with Crippen molar-refractivity contribution >= 4 is 0 Å². The van der Waals surface area contributed by atoms with Crippen LogP contribution in [0, 0.1) is 0 Å². The van der Waals surface area contributed by atoms with E-state index in [9.17, 15) is 0 Å². The van der Waals surface area contributed by atoms with Crippen LogP contribution < -0.4 is 5.32 Å². The zero-order valence-electron chi connectivity index (χ0n) is 11.6. The van der Waals surface area contributed by atoms with Crippen molar-refractivity contribution in [1.82, 2.24) is 10.2 Å². The fourth-order valence-corrected chi connectivity index (χ4v) is 1.74. The monoisotopic (exact) mass is 214 g/mol. The first kappa shape index (κ1) is 14.9. The van der Waals surface area contributed by atoms with E-state index in [2.05, 4.69) is 51.9 Å². The van der Waals surface area contributed by atoms with Crippen LogP contribution in [-0.2, 0) is 0 Å². The largest absolute Gasteiger partial charge is 0.317 e. The van der Waals surface area contributed by atoms with Crippen LogP contribution in [0.5, 0.6) is 0 Å². The van der Waals surface area contributed by atoms with Gasteiger partial charge in [0.1, 0.15) is 0 Å². The minimum absolute atomic E-state index is 0.331. The van der Waals surface area contributed by atoms with Crippen LogP contribution in [0.15, 0.2) is 0 Å². The normalized spacial score (nSPS) is 14.6. The second-order valence-electron chi connectivity index (χ2n) is 5.12. The van der Waals surface area contributed by atoms with E-state index in [1.54, 1.807) is 0 Å². The van der Waals surface area contributed by atoms with Gasteiger partial charge >= 0.3 is 0 Å². The fourth-order valence-electron chi connectivity index (χ4n) is 1.74. The topological polar surface area (TPSA) is 15.3 Å². The molecule has 0 heterocycles. The van der Waals surface area contributed by atoms with E-state index in [0.717, 1.165) is 13.1 Å². The lowest BCUT2D eigenvalue weighted by molar-refractivity contribution is 0.0998. The average Bonchev–Trinajstić information content (AvgIpc) is 2.23. The number of nitrogens with zero attached hydrogens (tertiary/aromatic N) is 1. The van der Waals surface area contributed by atoms with Gasteiger partial charge in [-0.3, -0.25) is 4.90 Å². The number of rotatable bonds is 8. The Labute approximate surface area is 96.4 Å². The Kier molecular flexibility index (Phi) is 7.20. The summed E-state index contributed by atoms with van der Waals surface area (Å²) in [4.78, 5) is 2.51. The third-order valence-corrected chi connectivity index (χ3v) is 3.71. The molecule has 0 aromatic heterocycles. The summed E-state index contributed by atoms with van der Waals surface area (Å²) in [5.41, 5.74) is 0.331. The first-order valence-electron chi connectivity index (χ1n) is 6.39. The van der Waals surface area contributed by atoms with E-state index < -0.39 is 0 Å². The predicted octanol–water partition coefficient (Wildman–Crippen LogP) is 2.89. The minimum atomic E-state index is 0.331. The Bertz CT molecular complexity index is 155. The second-order valence-corrected chi connectivity index (χ2v) is 5.12. The maximum atomic E-state index is 3.38. The van der Waals surface area contributed by atoms with Crippen molar-refractivity contribution in [3.05, 3.63) is 0 Å². The van der Waals surface area contributed by atoms with Crippen molar-refractivity contribution in [3.8, 4) is 0 Å². The summed E-state index contributed by atoms with van der Waals surface area (Å²) in [6.45, 7) is 13.7. The zero-order valence-corrected chi connectivity index (χ0v) is 11.6. The van der Waals surface area contributed by atoms with Crippen LogP contribution in [0.25, 0.3) is 0 Å². The minimum Gasteiger partial charge on any atom is -0.317 e. The van der Waals surface area contributed by atoms with Gasteiger partial charge in [0.25, 0.3) is 0 Å². The molecule has 1 atom stereocenters. The van der Waals surface area contributed by atoms with Crippen LogP contribution in [-0.4, -0.2) is 36.6 Å². The van der Waals surface area contributed by atoms with E-state index in [1.807, 2.05) is 0 Å². The van der Waals surface area contributed by atoms with Crippen molar-refractivity contribution in [1.29, 1.82) is 0 Å². The summed E-state index contributed by atoms with van der Waals surface area (Å²) in [5, 5.41) is 3.38. The summed E-state index contributed by atoms with van der Waals surface area (Å²) in [6.07, 6.45) is 3.77. The molecule has 0 aromatic carbocycles. The molecule has 0 saturated carbocycles. The van der Waals surface area contributed by atoms with Gasteiger partial charge in [-0.25, -0.2) is 0 Å². The molecule has 0 saturated heterocycles. The van der Waals surface area contributed by atoms with E-state index in [-0.39, 0.29) is 0 Å². The van der Waals surface area contributed by atoms with Gasteiger partial charge in [-0.1, -0.05) is 13.8 Å². The van der Waals surface area contributed by atoms with Gasteiger partial charge < -0.3 is 5.32 Å². The van der Waals surface area contributed by atoms with Crippen LogP contribution in [0.4, 0.5) is 0 Å². The third-order valence-electron chi connectivity index (χ3n) is 3.71. The molecular weight excluding hydrogens is 184 g/mol. The molecule has 0 aliphatic heterocycles. The quantitative estimate of drug-likeness (QED) is 0.625. The molecule has 1 unspecified atom stereocenters. The molecule has 0 spiro atoms. The van der Waals surface area contributed by atoms with E-state index in [1.165, 1.54) is 19.3 Å². The van der Waals surface area contributed by atoms with Gasteiger partial charge in [-0.15, -0.1) is 0 Å². The molecule has 0 fully saturated rings. The molecule has 0 amide bonds. The van der Waals surface area contributed by atoms with Gasteiger partial charge in [-0.05, 0) is 60.2 Å². The zero-order chi connectivity index (χ0) is 11.9. The van der Waals surface area contributed by atoms with Gasteiger partial charge in [0.05, 0.1) is 0 Å². The summed E-state index contributed by atoms with van der Waals surface area (Å²) < 4.78 is 0. The Morgan fingerprint density at radius 1 is 1.27 bits per heavy atom. The van der Waals surface area contributed by atoms with Crippen molar-refractivity contribution in [2.24, 2.45) is 0 Å². The third kappa shape index (κ3) is 5.53. The van der Waals surface area contributed by atoms with Crippen molar-refractivity contribution in [3.63, 3.8) is 0 Å². The Balaban J connectivity index is 3.83. The first-order valence-corrected chi connectivity index (χ1v) is 6.39. The van der Waals surface area contributed by atoms with Gasteiger partial charge in [0, 0.05) is 11.6 Å². The Hall–Kier alpha value is -0.0800. The average molecular weight is 214 g/mol. The smallest absolute Gasteiger partial charge is 0.0150 e. The predicted molar refractivity (Wildman–Crippen MR) is 69.4 cm³/mol. The summed E-state index contributed by atoms with van der Waals surface area (Å²) in [7, 11) is 2.25. The molecule has 0 radical (unpaired) electrons. The van der Waals surface area contributed by atoms with Crippen molar-refractivity contribution < 1.29 is 0 Å². The molecule has 0 aliphatic rings. The molecular formula is C13H30N2. The van der Waals surface area contributed by atoms with Gasteiger partial charge in [0.2, 0.25) is 0 Å². The Morgan fingerprint density at radius 3 is 2.33 bits per heavy atom. The summed E-state index contributed by atoms with van der Waals surface area (Å²) >= 11 is 0. The molecule has 1 N–H and O–H groups in total. The molecule has 2 heteroatoms. The maximum Gasteiger partial charge on any atom is 0.0150 e. The maximum absolute atomic E-state index is 3.38. The lowest BCUT2D eigenvalue weighted by atomic mass is 9.97. The molecule has 0 aliphatic carbocycles. The van der Waals surface area contributed by atoms with Crippen molar-refractivity contribution in [2.75, 3.05) is 20.1 Å². The van der Waals surface area contributed by atoms with Crippen LogP contribution in [0.2, 0.25) is 0 Å². The highest BCUT2D eigenvalue weighted by atomic mass is 15.2. The van der Waals surface area contributed by atoms with Gasteiger partial charge in [0.15, 0.2) is 0 Å². The SMILES string of the molecule is CCNCCCC(C)N(C)C(C)(C)CC. The van der Waals surface area contributed by atoms with Crippen LogP contribution in [0.1, 0.15) is 53.9 Å². The highest BCUT2D eigenvalue weighted by molar-refractivity contribution is 4.81. The van der Waals surface area contributed by atoms with E-state index >= 15 is 0 Å².